The smallest absolute Gasteiger partial charge is 0.408 e. The number of amides is 2. The summed E-state index contributed by atoms with van der Waals surface area (Å²) in [5.74, 6) is -2.22. The summed E-state index contributed by atoms with van der Waals surface area (Å²) in [6, 6.07) is -0.183. The van der Waals surface area contributed by atoms with E-state index in [0.29, 0.717) is 12.3 Å². The third-order valence-electron chi connectivity index (χ3n) is 8.12. The van der Waals surface area contributed by atoms with Crippen LogP contribution in [0.25, 0.3) is 0 Å². The van der Waals surface area contributed by atoms with Crippen LogP contribution in [0.5, 0.6) is 11.5 Å². The highest BCUT2D eigenvalue weighted by Gasteiger charge is 2.52. The zero-order chi connectivity index (χ0) is 26.2. The largest absolute Gasteiger partial charge is 0.496 e. The molecule has 3 saturated carbocycles. The van der Waals surface area contributed by atoms with Crippen LogP contribution in [0.4, 0.5) is 17.6 Å². The monoisotopic (exact) mass is 514 g/mol. The quantitative estimate of drug-likeness (QED) is 0.502. The summed E-state index contributed by atoms with van der Waals surface area (Å²) >= 11 is 0. The van der Waals surface area contributed by atoms with Gasteiger partial charge in [0.15, 0.2) is 11.6 Å². The standard InChI is InChI=1S/C26H34F4N2O4/c1-13-4-8-17(9-5-13)36-21-11-18(20(35-3)12-19(21)27)24(33)32-23-16-7-6-15(10-16)22(23)25(34)31-14(2)26(28,29)30/h11-17,22-23H,4-10H2,1-3H3,(H,31,34)(H,32,33)/t13-,14-,15+,16-,17-,22-,23+/m0/s1. The second-order valence-corrected chi connectivity index (χ2v) is 10.6. The van der Waals surface area contributed by atoms with Crippen molar-refractivity contribution in [1.29, 1.82) is 0 Å². The van der Waals surface area contributed by atoms with Crippen LogP contribution in [0.1, 0.15) is 69.2 Å². The molecule has 200 valence electrons. The van der Waals surface area contributed by atoms with Gasteiger partial charge in [0.2, 0.25) is 5.91 Å². The average molecular weight is 515 g/mol. The van der Waals surface area contributed by atoms with E-state index in [4.69, 9.17) is 9.47 Å². The summed E-state index contributed by atoms with van der Waals surface area (Å²) in [7, 11) is 1.32. The van der Waals surface area contributed by atoms with Crippen molar-refractivity contribution in [2.45, 2.75) is 83.2 Å². The van der Waals surface area contributed by atoms with Gasteiger partial charge < -0.3 is 20.1 Å². The molecule has 0 heterocycles. The van der Waals surface area contributed by atoms with Crippen LogP contribution in [0.2, 0.25) is 0 Å². The third-order valence-corrected chi connectivity index (χ3v) is 8.12. The van der Waals surface area contributed by atoms with Gasteiger partial charge in [0.05, 0.1) is 24.7 Å². The molecule has 2 amide bonds. The Kier molecular flexibility index (Phi) is 7.71. The lowest BCUT2D eigenvalue weighted by Gasteiger charge is -2.32. The topological polar surface area (TPSA) is 76.7 Å². The second kappa shape index (κ2) is 10.5. The van der Waals surface area contributed by atoms with Gasteiger partial charge in [-0.1, -0.05) is 6.92 Å². The van der Waals surface area contributed by atoms with Crippen molar-refractivity contribution in [2.75, 3.05) is 7.11 Å². The number of alkyl halides is 3. The number of hydrogen-bond donors (Lipinski definition) is 2. The molecule has 0 aromatic heterocycles. The zero-order valence-electron chi connectivity index (χ0n) is 20.8. The summed E-state index contributed by atoms with van der Waals surface area (Å²) in [6.45, 7) is 3.07. The number of ether oxygens (including phenoxy) is 2. The Morgan fingerprint density at radius 3 is 2.33 bits per heavy atom. The van der Waals surface area contributed by atoms with Gasteiger partial charge in [-0.3, -0.25) is 9.59 Å². The summed E-state index contributed by atoms with van der Waals surface area (Å²) in [6.07, 6.45) is 1.04. The summed E-state index contributed by atoms with van der Waals surface area (Å²) < 4.78 is 64.9. The number of carbonyl (C=O) groups excluding carboxylic acids is 2. The summed E-state index contributed by atoms with van der Waals surface area (Å²) in [4.78, 5) is 26.2. The van der Waals surface area contributed by atoms with E-state index in [1.807, 2.05) is 0 Å². The van der Waals surface area contributed by atoms with E-state index in [0.717, 1.165) is 51.5 Å². The average Bonchev–Trinajstić information content (AvgIpc) is 3.42. The number of methoxy groups -OCH3 is 1. The van der Waals surface area contributed by atoms with E-state index in [2.05, 4.69) is 17.6 Å². The lowest BCUT2D eigenvalue weighted by atomic mass is 9.83. The molecule has 1 aromatic carbocycles. The first-order valence-corrected chi connectivity index (χ1v) is 12.7. The number of nitrogens with one attached hydrogen (secondary N) is 2. The van der Waals surface area contributed by atoms with Crippen molar-refractivity contribution in [3.63, 3.8) is 0 Å². The molecule has 0 radical (unpaired) electrons. The third kappa shape index (κ3) is 5.57. The van der Waals surface area contributed by atoms with Crippen molar-refractivity contribution >= 4 is 11.8 Å². The highest BCUT2D eigenvalue weighted by atomic mass is 19.4. The molecule has 36 heavy (non-hydrogen) atoms. The maximum atomic E-state index is 14.7. The Morgan fingerprint density at radius 2 is 1.69 bits per heavy atom. The molecule has 0 saturated heterocycles. The molecule has 10 heteroatoms. The van der Waals surface area contributed by atoms with Crippen molar-refractivity contribution in [3.05, 3.63) is 23.5 Å². The van der Waals surface area contributed by atoms with E-state index < -0.39 is 41.8 Å². The Labute approximate surface area is 208 Å². The molecule has 0 aliphatic heterocycles. The summed E-state index contributed by atoms with van der Waals surface area (Å²) in [5.41, 5.74) is 0.0590. The van der Waals surface area contributed by atoms with Gasteiger partial charge >= 0.3 is 6.18 Å². The van der Waals surface area contributed by atoms with Gasteiger partial charge in [-0.05, 0) is 75.7 Å². The minimum Gasteiger partial charge on any atom is -0.496 e. The molecule has 3 fully saturated rings. The van der Waals surface area contributed by atoms with Gasteiger partial charge in [0.25, 0.3) is 5.91 Å². The molecule has 0 spiro atoms. The van der Waals surface area contributed by atoms with Crippen molar-refractivity contribution in [3.8, 4) is 11.5 Å². The fourth-order valence-electron chi connectivity index (χ4n) is 6.00. The van der Waals surface area contributed by atoms with Crippen LogP contribution in [-0.4, -0.2) is 43.3 Å². The molecule has 4 rings (SSSR count). The molecule has 1 aromatic rings. The van der Waals surface area contributed by atoms with E-state index in [1.165, 1.54) is 13.2 Å². The second-order valence-electron chi connectivity index (χ2n) is 10.6. The van der Waals surface area contributed by atoms with Gasteiger partial charge in [-0.15, -0.1) is 0 Å². The highest BCUT2D eigenvalue weighted by Crippen LogP contribution is 2.49. The van der Waals surface area contributed by atoms with Crippen molar-refractivity contribution in [1.82, 2.24) is 10.6 Å². The first kappa shape index (κ1) is 26.5. The molecule has 6 nitrogen and oxygen atoms in total. The minimum atomic E-state index is -4.56. The molecular formula is C26H34F4N2O4. The van der Waals surface area contributed by atoms with Crippen LogP contribution < -0.4 is 20.1 Å². The Morgan fingerprint density at radius 1 is 1.03 bits per heavy atom. The van der Waals surface area contributed by atoms with Crippen molar-refractivity contribution < 1.29 is 36.6 Å². The Hall–Kier alpha value is -2.52. The number of fused-ring (bicyclic) bond motifs is 2. The number of rotatable bonds is 7. The van der Waals surface area contributed by atoms with Gasteiger partial charge in [-0.2, -0.15) is 13.2 Å². The molecule has 3 aliphatic carbocycles. The highest BCUT2D eigenvalue weighted by molar-refractivity contribution is 5.98. The lowest BCUT2D eigenvalue weighted by Crippen LogP contribution is -2.53. The van der Waals surface area contributed by atoms with Crippen molar-refractivity contribution in [2.24, 2.45) is 23.7 Å². The number of halogens is 4. The molecule has 2 bridgehead atoms. The van der Waals surface area contributed by atoms with Crippen LogP contribution in [0.15, 0.2) is 12.1 Å². The molecule has 0 unspecified atom stereocenters. The first-order chi connectivity index (χ1) is 17.0. The number of hydrogen-bond acceptors (Lipinski definition) is 4. The summed E-state index contributed by atoms with van der Waals surface area (Å²) in [5, 5.41) is 4.93. The Bertz CT molecular complexity index is 977. The maximum absolute atomic E-state index is 14.7. The fourth-order valence-corrected chi connectivity index (χ4v) is 6.00. The van der Waals surface area contributed by atoms with Crippen LogP contribution >= 0.6 is 0 Å². The SMILES string of the molecule is COc1cc(F)c(O[C@H]2CC[C@H](C)CC2)cc1C(=O)N[C@@H]1[C@H]2CC[C@H](C2)[C@@H]1C(=O)N[C@@H](C)C(F)(F)F. The van der Waals surface area contributed by atoms with E-state index >= 15 is 0 Å². The lowest BCUT2D eigenvalue weighted by molar-refractivity contribution is -0.160. The molecule has 3 aliphatic rings. The Balaban J connectivity index is 1.51. The van der Waals surface area contributed by atoms with Crippen LogP contribution in [0, 0.1) is 29.5 Å². The number of carbonyl (C=O) groups is 2. The first-order valence-electron chi connectivity index (χ1n) is 12.7. The normalized spacial score (nSPS) is 30.5. The minimum absolute atomic E-state index is 0.0118. The zero-order valence-corrected chi connectivity index (χ0v) is 20.8. The van der Waals surface area contributed by atoms with Gasteiger partial charge in [0, 0.05) is 12.1 Å². The maximum Gasteiger partial charge on any atom is 0.408 e. The van der Waals surface area contributed by atoms with Crippen LogP contribution in [-0.2, 0) is 4.79 Å². The fraction of sp³-hybridized carbons (Fsp3) is 0.692. The molecule has 5 atom stereocenters. The van der Waals surface area contributed by atoms with Crippen LogP contribution in [0.3, 0.4) is 0 Å². The van der Waals surface area contributed by atoms with E-state index in [-0.39, 0.29) is 35.0 Å². The molecular weight excluding hydrogens is 480 g/mol. The van der Waals surface area contributed by atoms with Gasteiger partial charge in [0.1, 0.15) is 11.8 Å². The van der Waals surface area contributed by atoms with E-state index in [9.17, 15) is 27.2 Å². The molecule has 2 N–H and O–H groups in total. The number of benzene rings is 1. The predicted molar refractivity (Wildman–Crippen MR) is 124 cm³/mol. The predicted octanol–water partition coefficient (Wildman–Crippen LogP) is 5.00. The van der Waals surface area contributed by atoms with E-state index in [1.54, 1.807) is 0 Å². The van der Waals surface area contributed by atoms with Gasteiger partial charge in [-0.25, -0.2) is 4.39 Å².